The Labute approximate surface area is 229 Å². The van der Waals surface area contributed by atoms with Crippen LogP contribution in [0.2, 0.25) is 5.02 Å². The molecular weight excluding hydrogens is 556 g/mol. The van der Waals surface area contributed by atoms with Crippen molar-refractivity contribution >= 4 is 40.7 Å². The predicted molar refractivity (Wildman–Crippen MR) is 136 cm³/mol. The number of ether oxygens (including phenoxy) is 1. The van der Waals surface area contributed by atoms with Crippen molar-refractivity contribution in [2.24, 2.45) is 10.9 Å². The second-order valence-electron chi connectivity index (χ2n) is 8.96. The summed E-state index contributed by atoms with van der Waals surface area (Å²) in [6.07, 6.45) is 3.91. The summed E-state index contributed by atoms with van der Waals surface area (Å²) in [5.41, 5.74) is 0.807. The molecule has 2 aromatic heterocycles. The Hall–Kier alpha value is -3.71. The molecule has 204 valence electrons. The topological polar surface area (TPSA) is 140 Å². The Kier molecular flexibility index (Phi) is 7.71. The molecule has 0 amide bonds. The highest BCUT2D eigenvalue weighted by Gasteiger charge is 2.39. The molecule has 2 N–H and O–H groups in total. The Balaban J connectivity index is 1.54. The highest BCUT2D eigenvalue weighted by molar-refractivity contribution is 7.11. The van der Waals surface area contributed by atoms with Gasteiger partial charge in [0.2, 0.25) is 5.89 Å². The van der Waals surface area contributed by atoms with Crippen molar-refractivity contribution in [1.29, 1.82) is 0 Å². The van der Waals surface area contributed by atoms with Crippen molar-refractivity contribution in [3.05, 3.63) is 73.9 Å². The zero-order valence-electron chi connectivity index (χ0n) is 20.5. The number of rotatable bonds is 7. The van der Waals surface area contributed by atoms with Gasteiger partial charge in [-0.2, -0.15) is 4.98 Å². The van der Waals surface area contributed by atoms with E-state index in [4.69, 9.17) is 26.0 Å². The molecule has 3 heterocycles. The zero-order valence-corrected chi connectivity index (χ0v) is 22.1. The van der Waals surface area contributed by atoms with Crippen LogP contribution < -0.4 is 5.32 Å². The van der Waals surface area contributed by atoms with Gasteiger partial charge in [0.1, 0.15) is 6.04 Å². The first-order valence-electron chi connectivity index (χ1n) is 12.1. The molecule has 1 unspecified atom stereocenters. The fourth-order valence-corrected chi connectivity index (χ4v) is 5.71. The number of aromatic carboxylic acids is 1. The smallest absolute Gasteiger partial charge is 0.377 e. The van der Waals surface area contributed by atoms with Crippen LogP contribution in [0, 0.1) is 17.6 Å². The molecule has 3 aromatic rings. The van der Waals surface area contributed by atoms with Crippen molar-refractivity contribution < 1.29 is 32.7 Å². The first kappa shape index (κ1) is 26.9. The van der Waals surface area contributed by atoms with Gasteiger partial charge in [-0.15, -0.1) is 11.3 Å². The van der Waals surface area contributed by atoms with Crippen LogP contribution in [-0.2, 0) is 9.53 Å². The minimum absolute atomic E-state index is 0.0900. The molecule has 1 saturated carbocycles. The molecule has 1 fully saturated rings. The lowest BCUT2D eigenvalue weighted by molar-refractivity contribution is -0.139. The Morgan fingerprint density at radius 1 is 1.23 bits per heavy atom. The minimum Gasteiger partial charge on any atom is -0.475 e. The predicted octanol–water partition coefficient (Wildman–Crippen LogP) is 5.04. The van der Waals surface area contributed by atoms with E-state index in [1.54, 1.807) is 18.5 Å². The number of benzene rings is 1. The van der Waals surface area contributed by atoms with Gasteiger partial charge in [-0.1, -0.05) is 17.7 Å². The van der Waals surface area contributed by atoms with Gasteiger partial charge in [-0.05, 0) is 49.7 Å². The highest BCUT2D eigenvalue weighted by atomic mass is 35.5. The fraction of sp³-hybridized carbons (Fsp3) is 0.360. The third kappa shape index (κ3) is 5.28. The van der Waals surface area contributed by atoms with Crippen LogP contribution in [0.3, 0.4) is 0 Å². The Morgan fingerprint density at radius 3 is 2.62 bits per heavy atom. The number of carbonyl (C=O) groups is 2. The number of hydrogen-bond acceptors (Lipinski definition) is 10. The summed E-state index contributed by atoms with van der Waals surface area (Å²) < 4.78 is 39.0. The molecule has 1 aromatic carbocycles. The summed E-state index contributed by atoms with van der Waals surface area (Å²) in [6.45, 7) is 1.76. The normalized spacial score (nSPS) is 21.3. The summed E-state index contributed by atoms with van der Waals surface area (Å²) in [7, 11) is 0. The molecule has 1 atom stereocenters. The summed E-state index contributed by atoms with van der Waals surface area (Å²) in [5.74, 6) is -4.40. The van der Waals surface area contributed by atoms with Crippen molar-refractivity contribution in [2.45, 2.75) is 44.6 Å². The summed E-state index contributed by atoms with van der Waals surface area (Å²) >= 11 is 7.56. The number of aliphatic imine (C=N–C) groups is 1. The van der Waals surface area contributed by atoms with Crippen molar-refractivity contribution in [3.63, 3.8) is 0 Å². The number of esters is 1. The number of thiazole rings is 1. The Bertz CT molecular complexity index is 1470. The molecule has 5 rings (SSSR count). The largest absolute Gasteiger partial charge is 0.475 e. The van der Waals surface area contributed by atoms with E-state index in [0.29, 0.717) is 42.2 Å². The molecule has 0 spiro atoms. The van der Waals surface area contributed by atoms with Gasteiger partial charge >= 0.3 is 11.9 Å². The summed E-state index contributed by atoms with van der Waals surface area (Å²) in [6, 6.07) is 1.18. The van der Waals surface area contributed by atoms with Gasteiger partial charge in [-0.3, -0.25) is 4.99 Å². The van der Waals surface area contributed by atoms with E-state index in [-0.39, 0.29) is 35.5 Å². The number of nitrogens with one attached hydrogen (secondary N) is 1. The molecule has 14 heteroatoms. The fourth-order valence-electron chi connectivity index (χ4n) is 4.86. The number of carboxylic acids is 1. The second-order valence-corrected chi connectivity index (χ2v) is 10.2. The monoisotopic (exact) mass is 577 g/mol. The maximum atomic E-state index is 14.5. The van der Waals surface area contributed by atoms with Crippen LogP contribution >= 0.6 is 22.9 Å². The SMILES string of the molecule is CCOC(=O)C1=C([C@H]2CC[C@H](c3nc(C(=O)O)no3)CC2)NC(c2nccs2)=NC1c1ccc(F)c(F)c1Cl. The zero-order chi connectivity index (χ0) is 27.7. The van der Waals surface area contributed by atoms with Crippen molar-refractivity contribution in [1.82, 2.24) is 20.4 Å². The Morgan fingerprint density at radius 2 is 1.97 bits per heavy atom. The summed E-state index contributed by atoms with van der Waals surface area (Å²) in [4.78, 5) is 37.4. The molecule has 10 nitrogen and oxygen atoms in total. The molecule has 0 saturated heterocycles. The number of amidine groups is 1. The maximum Gasteiger partial charge on any atom is 0.377 e. The average molecular weight is 578 g/mol. The van der Waals surface area contributed by atoms with E-state index in [2.05, 4.69) is 25.4 Å². The van der Waals surface area contributed by atoms with Crippen LogP contribution in [0.4, 0.5) is 8.78 Å². The lowest BCUT2D eigenvalue weighted by Crippen LogP contribution is -2.38. The third-order valence-electron chi connectivity index (χ3n) is 6.68. The van der Waals surface area contributed by atoms with Gasteiger partial charge in [0.05, 0.1) is 17.2 Å². The standard InChI is InChI=1S/C25H22ClF2N5O5S/c1-2-37-25(36)15-18(11-3-5-12(6-4-11)22-32-21(24(34)35)33-38-22)30-20(23-29-9-10-39-23)31-19(15)13-7-8-14(27)17(28)16(13)26/h7-12,19H,2-6H2,1H3,(H,30,31)(H,34,35)/t11-,12-,19?. The number of nitrogens with zero attached hydrogens (tertiary/aromatic N) is 4. The number of aromatic nitrogens is 3. The van der Waals surface area contributed by atoms with Gasteiger partial charge in [0, 0.05) is 28.8 Å². The number of carboxylic acid groups (broad SMARTS) is 1. The van der Waals surface area contributed by atoms with E-state index >= 15 is 0 Å². The number of hydrogen-bond donors (Lipinski definition) is 2. The average Bonchev–Trinajstić information content (AvgIpc) is 3.65. The van der Waals surface area contributed by atoms with Crippen molar-refractivity contribution in [2.75, 3.05) is 6.61 Å². The highest BCUT2D eigenvalue weighted by Crippen LogP contribution is 2.44. The van der Waals surface area contributed by atoms with Crippen LogP contribution in [0.15, 0.2) is 44.5 Å². The number of halogens is 3. The van der Waals surface area contributed by atoms with E-state index in [0.717, 1.165) is 6.07 Å². The summed E-state index contributed by atoms with van der Waals surface area (Å²) in [5, 5.41) is 17.7. The van der Waals surface area contributed by atoms with E-state index in [1.165, 1.54) is 17.4 Å². The minimum atomic E-state index is -1.27. The lowest BCUT2D eigenvalue weighted by Gasteiger charge is -2.34. The van der Waals surface area contributed by atoms with E-state index in [9.17, 15) is 18.4 Å². The lowest BCUT2D eigenvalue weighted by atomic mass is 9.78. The molecule has 2 aliphatic rings. The van der Waals surface area contributed by atoms with Crippen LogP contribution in [-0.4, -0.2) is 44.6 Å². The van der Waals surface area contributed by atoms with Crippen LogP contribution in [0.1, 0.15) is 71.6 Å². The van der Waals surface area contributed by atoms with Gasteiger partial charge in [0.25, 0.3) is 5.82 Å². The molecule has 39 heavy (non-hydrogen) atoms. The van der Waals surface area contributed by atoms with Gasteiger partial charge < -0.3 is 19.7 Å². The third-order valence-corrected chi connectivity index (χ3v) is 7.85. The first-order valence-corrected chi connectivity index (χ1v) is 13.4. The van der Waals surface area contributed by atoms with Gasteiger partial charge in [-0.25, -0.2) is 23.4 Å². The number of allylic oxidation sites excluding steroid dienone is 1. The van der Waals surface area contributed by atoms with E-state index in [1.807, 2.05) is 0 Å². The number of carbonyl (C=O) groups excluding carboxylic acids is 1. The molecule has 0 bridgehead atoms. The molecule has 0 radical (unpaired) electrons. The molecule has 1 aliphatic heterocycles. The first-order chi connectivity index (χ1) is 18.8. The van der Waals surface area contributed by atoms with Crippen molar-refractivity contribution in [3.8, 4) is 0 Å². The van der Waals surface area contributed by atoms with E-state index < -0.39 is 40.5 Å². The molecular formula is C25H22ClF2N5O5S. The maximum absolute atomic E-state index is 14.5. The van der Waals surface area contributed by atoms with Crippen LogP contribution in [0.5, 0.6) is 0 Å². The second kappa shape index (κ2) is 11.2. The molecule has 1 aliphatic carbocycles. The quantitative estimate of drug-likeness (QED) is 0.292. The van der Waals surface area contributed by atoms with Crippen LogP contribution in [0.25, 0.3) is 0 Å². The van der Waals surface area contributed by atoms with Gasteiger partial charge in [0.15, 0.2) is 22.5 Å².